The summed E-state index contributed by atoms with van der Waals surface area (Å²) >= 11 is 0. The van der Waals surface area contributed by atoms with E-state index >= 15 is 0 Å². The second kappa shape index (κ2) is 5.28. The van der Waals surface area contributed by atoms with E-state index < -0.39 is 9.84 Å². The Kier molecular flexibility index (Phi) is 3.92. The highest BCUT2D eigenvalue weighted by Crippen LogP contribution is 2.20. The maximum Gasteiger partial charge on any atom is 0.154 e. The number of benzene rings is 1. The van der Waals surface area contributed by atoms with Gasteiger partial charge in [-0.05, 0) is 37.5 Å². The van der Waals surface area contributed by atoms with Gasteiger partial charge in [-0.1, -0.05) is 12.1 Å². The van der Waals surface area contributed by atoms with Gasteiger partial charge in [-0.15, -0.1) is 0 Å². The highest BCUT2D eigenvalue weighted by Gasteiger charge is 2.29. The molecule has 2 unspecified atom stereocenters. The Balaban J connectivity index is 1.95. The summed E-state index contributed by atoms with van der Waals surface area (Å²) in [5.74, 6) is 1.10. The van der Waals surface area contributed by atoms with Crippen molar-refractivity contribution in [3.05, 3.63) is 29.8 Å². The van der Waals surface area contributed by atoms with Crippen LogP contribution in [0.5, 0.6) is 5.75 Å². The van der Waals surface area contributed by atoms with Gasteiger partial charge in [0, 0.05) is 6.04 Å². The van der Waals surface area contributed by atoms with Crippen molar-refractivity contribution in [2.24, 2.45) is 5.73 Å². The number of ether oxygens (including phenoxy) is 1. The van der Waals surface area contributed by atoms with Crippen LogP contribution in [0.15, 0.2) is 24.3 Å². The van der Waals surface area contributed by atoms with E-state index in [1.54, 1.807) is 0 Å². The molecular formula is C13H19NO3S. The SMILES string of the molecule is CC(N)Cc1ccc(OC2CCS(=O)(=O)C2)cc1. The molecule has 0 aromatic heterocycles. The van der Waals surface area contributed by atoms with Gasteiger partial charge >= 0.3 is 0 Å². The first kappa shape index (κ1) is 13.4. The third-order valence-electron chi connectivity index (χ3n) is 2.97. The Hall–Kier alpha value is -1.07. The monoisotopic (exact) mass is 269 g/mol. The molecule has 100 valence electrons. The Morgan fingerprint density at radius 3 is 2.56 bits per heavy atom. The van der Waals surface area contributed by atoms with E-state index in [1.165, 1.54) is 0 Å². The van der Waals surface area contributed by atoms with Gasteiger partial charge in [0.2, 0.25) is 0 Å². The highest BCUT2D eigenvalue weighted by atomic mass is 32.2. The summed E-state index contributed by atoms with van der Waals surface area (Å²) in [5.41, 5.74) is 6.89. The molecule has 0 saturated carbocycles. The van der Waals surface area contributed by atoms with E-state index in [4.69, 9.17) is 10.5 Å². The fraction of sp³-hybridized carbons (Fsp3) is 0.538. The fourth-order valence-corrected chi connectivity index (χ4v) is 3.71. The van der Waals surface area contributed by atoms with Crippen molar-refractivity contribution in [1.29, 1.82) is 0 Å². The summed E-state index contributed by atoms with van der Waals surface area (Å²) in [6.45, 7) is 1.97. The molecule has 1 aromatic carbocycles. The number of rotatable bonds is 4. The molecule has 2 rings (SSSR count). The first-order chi connectivity index (χ1) is 8.44. The third kappa shape index (κ3) is 3.71. The highest BCUT2D eigenvalue weighted by molar-refractivity contribution is 7.91. The minimum atomic E-state index is -2.88. The third-order valence-corrected chi connectivity index (χ3v) is 4.71. The smallest absolute Gasteiger partial charge is 0.154 e. The van der Waals surface area contributed by atoms with Crippen LogP contribution in [0.1, 0.15) is 18.9 Å². The molecule has 1 heterocycles. The Morgan fingerprint density at radius 1 is 1.39 bits per heavy atom. The summed E-state index contributed by atoms with van der Waals surface area (Å²) in [6, 6.07) is 7.84. The topological polar surface area (TPSA) is 69.4 Å². The number of hydrogen-bond acceptors (Lipinski definition) is 4. The zero-order valence-corrected chi connectivity index (χ0v) is 11.3. The molecule has 5 heteroatoms. The van der Waals surface area contributed by atoms with E-state index in [1.807, 2.05) is 31.2 Å². The molecule has 2 atom stereocenters. The van der Waals surface area contributed by atoms with Crippen LogP contribution < -0.4 is 10.5 Å². The van der Waals surface area contributed by atoms with Crippen LogP contribution in [0, 0.1) is 0 Å². The first-order valence-electron chi connectivity index (χ1n) is 6.16. The lowest BCUT2D eigenvalue weighted by molar-refractivity contribution is 0.229. The van der Waals surface area contributed by atoms with Gasteiger partial charge < -0.3 is 10.5 Å². The minimum absolute atomic E-state index is 0.134. The summed E-state index contributed by atoms with van der Waals surface area (Å²) in [6.07, 6.45) is 1.22. The molecule has 1 aliphatic rings. The Bertz CT molecular complexity index is 493. The van der Waals surface area contributed by atoms with Gasteiger partial charge in [0.15, 0.2) is 9.84 Å². The van der Waals surface area contributed by atoms with Crippen LogP contribution in [0.3, 0.4) is 0 Å². The van der Waals surface area contributed by atoms with Gasteiger partial charge in [0.1, 0.15) is 11.9 Å². The molecule has 0 spiro atoms. The van der Waals surface area contributed by atoms with Crippen molar-refractivity contribution in [3.63, 3.8) is 0 Å². The summed E-state index contributed by atoms with van der Waals surface area (Å²) in [7, 11) is -2.88. The molecule has 1 aromatic rings. The predicted molar refractivity (Wildman–Crippen MR) is 71.5 cm³/mol. The van der Waals surface area contributed by atoms with Crippen molar-refractivity contribution >= 4 is 9.84 Å². The lowest BCUT2D eigenvalue weighted by Gasteiger charge is -2.12. The summed E-state index contributed by atoms with van der Waals surface area (Å²) in [4.78, 5) is 0. The number of hydrogen-bond donors (Lipinski definition) is 1. The summed E-state index contributed by atoms with van der Waals surface area (Å²) < 4.78 is 28.3. The van der Waals surface area contributed by atoms with E-state index in [2.05, 4.69) is 0 Å². The van der Waals surface area contributed by atoms with Crippen molar-refractivity contribution in [1.82, 2.24) is 0 Å². The standard InChI is InChI=1S/C13H19NO3S/c1-10(14)8-11-2-4-12(5-3-11)17-13-6-7-18(15,16)9-13/h2-5,10,13H,6-9,14H2,1H3. The van der Waals surface area contributed by atoms with Crippen molar-refractivity contribution in [2.45, 2.75) is 31.9 Å². The first-order valence-corrected chi connectivity index (χ1v) is 7.98. The van der Waals surface area contributed by atoms with E-state index in [-0.39, 0.29) is 23.7 Å². The maximum atomic E-state index is 11.3. The lowest BCUT2D eigenvalue weighted by atomic mass is 10.1. The zero-order chi connectivity index (χ0) is 13.2. The van der Waals surface area contributed by atoms with Crippen molar-refractivity contribution in [2.75, 3.05) is 11.5 Å². The van der Waals surface area contributed by atoms with Gasteiger partial charge in [-0.25, -0.2) is 8.42 Å². The molecule has 18 heavy (non-hydrogen) atoms. The molecule has 0 aliphatic carbocycles. The van der Waals surface area contributed by atoms with Crippen LogP contribution in [-0.2, 0) is 16.3 Å². The van der Waals surface area contributed by atoms with Crippen LogP contribution in [0.4, 0.5) is 0 Å². The van der Waals surface area contributed by atoms with Gasteiger partial charge in [0.25, 0.3) is 0 Å². The largest absolute Gasteiger partial charge is 0.489 e. The number of nitrogens with two attached hydrogens (primary N) is 1. The molecule has 0 bridgehead atoms. The normalized spacial score (nSPS) is 23.8. The van der Waals surface area contributed by atoms with Crippen molar-refractivity contribution in [3.8, 4) is 5.75 Å². The summed E-state index contributed by atoms with van der Waals surface area (Å²) in [5, 5.41) is 0. The van der Waals surface area contributed by atoms with Gasteiger partial charge in [-0.2, -0.15) is 0 Å². The molecule has 1 fully saturated rings. The van der Waals surface area contributed by atoms with Crippen LogP contribution in [0.2, 0.25) is 0 Å². The minimum Gasteiger partial charge on any atom is -0.489 e. The molecule has 0 amide bonds. The molecule has 0 radical (unpaired) electrons. The van der Waals surface area contributed by atoms with Crippen LogP contribution >= 0.6 is 0 Å². The van der Waals surface area contributed by atoms with Crippen LogP contribution in [-0.4, -0.2) is 32.1 Å². The van der Waals surface area contributed by atoms with E-state index in [9.17, 15) is 8.42 Å². The van der Waals surface area contributed by atoms with Crippen molar-refractivity contribution < 1.29 is 13.2 Å². The maximum absolute atomic E-state index is 11.3. The zero-order valence-electron chi connectivity index (χ0n) is 10.5. The van der Waals surface area contributed by atoms with Gasteiger partial charge in [0.05, 0.1) is 11.5 Å². The average Bonchev–Trinajstić information content (AvgIpc) is 2.60. The average molecular weight is 269 g/mol. The quantitative estimate of drug-likeness (QED) is 0.890. The second-order valence-electron chi connectivity index (χ2n) is 4.97. The molecule has 4 nitrogen and oxygen atoms in total. The number of sulfone groups is 1. The fourth-order valence-electron chi connectivity index (χ4n) is 2.12. The van der Waals surface area contributed by atoms with Crippen LogP contribution in [0.25, 0.3) is 0 Å². The van der Waals surface area contributed by atoms with E-state index in [0.717, 1.165) is 17.7 Å². The Labute approximate surface area is 108 Å². The Morgan fingerprint density at radius 2 is 2.06 bits per heavy atom. The molecular weight excluding hydrogens is 250 g/mol. The lowest BCUT2D eigenvalue weighted by Crippen LogP contribution is -2.18. The molecule has 1 saturated heterocycles. The predicted octanol–water partition coefficient (Wildman–Crippen LogP) is 1.14. The molecule has 2 N–H and O–H groups in total. The molecule has 1 aliphatic heterocycles. The van der Waals surface area contributed by atoms with E-state index in [0.29, 0.717) is 6.42 Å². The van der Waals surface area contributed by atoms with Gasteiger partial charge in [-0.3, -0.25) is 0 Å². The second-order valence-corrected chi connectivity index (χ2v) is 7.20.